The molecule has 1 aromatic heterocycles. The van der Waals surface area contributed by atoms with E-state index in [1.54, 1.807) is 6.20 Å². The lowest BCUT2D eigenvalue weighted by Gasteiger charge is -2.21. The monoisotopic (exact) mass is 360 g/mol. The highest BCUT2D eigenvalue weighted by Crippen LogP contribution is 2.25. The van der Waals surface area contributed by atoms with Gasteiger partial charge in [0, 0.05) is 17.9 Å². The minimum Gasteiger partial charge on any atom is -0.325 e. The van der Waals surface area contributed by atoms with Gasteiger partial charge in [0.25, 0.3) is 5.91 Å². The van der Waals surface area contributed by atoms with Crippen molar-refractivity contribution in [1.29, 1.82) is 0 Å². The molecule has 27 heavy (non-hydrogen) atoms. The molecule has 0 aliphatic heterocycles. The molecule has 1 heterocycles. The molecular formula is C22H24N4O. The Labute approximate surface area is 160 Å². The van der Waals surface area contributed by atoms with Crippen molar-refractivity contribution in [3.63, 3.8) is 0 Å². The highest BCUT2D eigenvalue weighted by atomic mass is 16.1. The van der Waals surface area contributed by atoms with Crippen LogP contribution in [-0.4, -0.2) is 22.4 Å². The molecule has 5 heteroatoms. The van der Waals surface area contributed by atoms with Crippen LogP contribution in [0.5, 0.6) is 0 Å². The Morgan fingerprint density at radius 2 is 1.70 bits per heavy atom. The number of anilines is 3. The second-order valence-electron chi connectivity index (χ2n) is 6.54. The third-order valence-electron chi connectivity index (χ3n) is 4.36. The summed E-state index contributed by atoms with van der Waals surface area (Å²) >= 11 is 0. The van der Waals surface area contributed by atoms with Crippen molar-refractivity contribution in [3.8, 4) is 0 Å². The molecule has 0 unspecified atom stereocenters. The first-order valence-electron chi connectivity index (χ1n) is 9.15. The fourth-order valence-electron chi connectivity index (χ4n) is 2.96. The predicted octanol–water partition coefficient (Wildman–Crippen LogP) is 5.01. The average Bonchev–Trinajstić information content (AvgIpc) is 2.70. The van der Waals surface area contributed by atoms with Crippen molar-refractivity contribution >= 4 is 23.1 Å². The van der Waals surface area contributed by atoms with Crippen LogP contribution in [-0.2, 0) is 0 Å². The molecule has 1 amide bonds. The number of carbonyl (C=O) groups is 1. The Morgan fingerprint density at radius 3 is 2.33 bits per heavy atom. The van der Waals surface area contributed by atoms with E-state index in [1.807, 2.05) is 59.5 Å². The Kier molecular flexibility index (Phi) is 5.81. The summed E-state index contributed by atoms with van der Waals surface area (Å²) < 4.78 is 0. The Hall–Kier alpha value is -3.21. The van der Waals surface area contributed by atoms with Crippen LogP contribution in [0, 0.1) is 0 Å². The Bertz CT molecular complexity index is 892. The zero-order chi connectivity index (χ0) is 19.2. The molecule has 0 aliphatic rings. The molecule has 0 fully saturated rings. The number of carbonyl (C=O) groups excluding carboxylic acids is 1. The van der Waals surface area contributed by atoms with Gasteiger partial charge in [-0.3, -0.25) is 4.79 Å². The molecule has 5 nitrogen and oxygen atoms in total. The Morgan fingerprint density at radius 1 is 1.00 bits per heavy atom. The maximum Gasteiger partial charge on any atom is 0.275 e. The second-order valence-corrected chi connectivity index (χ2v) is 6.54. The number of nitrogens with zero attached hydrogens (tertiary/aromatic N) is 3. The van der Waals surface area contributed by atoms with Crippen LogP contribution in [0.4, 0.5) is 17.2 Å². The van der Waals surface area contributed by atoms with Gasteiger partial charge in [-0.15, -0.1) is 0 Å². The number of aromatic nitrogens is 2. The van der Waals surface area contributed by atoms with Crippen molar-refractivity contribution in [2.24, 2.45) is 0 Å². The highest BCUT2D eigenvalue weighted by Gasteiger charge is 2.14. The molecule has 0 bridgehead atoms. The predicted molar refractivity (Wildman–Crippen MR) is 110 cm³/mol. The topological polar surface area (TPSA) is 58.1 Å². The minimum atomic E-state index is -0.259. The van der Waals surface area contributed by atoms with E-state index >= 15 is 0 Å². The number of amides is 1. The van der Waals surface area contributed by atoms with Crippen LogP contribution in [0.2, 0.25) is 0 Å². The zero-order valence-electron chi connectivity index (χ0n) is 15.9. The maximum atomic E-state index is 12.6. The number of rotatable bonds is 6. The first-order chi connectivity index (χ1) is 13.1. The van der Waals surface area contributed by atoms with E-state index in [0.29, 0.717) is 17.4 Å². The minimum absolute atomic E-state index is 0.259. The molecular weight excluding hydrogens is 336 g/mol. The summed E-state index contributed by atoms with van der Waals surface area (Å²) in [5, 5.41) is 2.95. The molecule has 0 atom stereocenters. The SMILES string of the molecule is CCN(c1ccccc1)c1cnc(C(=O)Nc2ccccc2C(C)C)cn1. The molecule has 0 radical (unpaired) electrons. The molecule has 3 aromatic rings. The first-order valence-corrected chi connectivity index (χ1v) is 9.15. The lowest BCUT2D eigenvalue weighted by atomic mass is 10.0. The maximum absolute atomic E-state index is 12.6. The third kappa shape index (κ3) is 4.31. The zero-order valence-corrected chi connectivity index (χ0v) is 15.9. The van der Waals surface area contributed by atoms with Gasteiger partial charge in [-0.05, 0) is 36.6 Å². The summed E-state index contributed by atoms with van der Waals surface area (Å²) in [6.07, 6.45) is 3.16. The summed E-state index contributed by atoms with van der Waals surface area (Å²) in [6, 6.07) is 17.8. The summed E-state index contributed by atoms with van der Waals surface area (Å²) in [5.74, 6) is 0.770. The number of hydrogen-bond donors (Lipinski definition) is 1. The van der Waals surface area contributed by atoms with Gasteiger partial charge in [-0.25, -0.2) is 9.97 Å². The fourth-order valence-corrected chi connectivity index (χ4v) is 2.96. The van der Waals surface area contributed by atoms with E-state index in [9.17, 15) is 4.79 Å². The molecule has 3 rings (SSSR count). The van der Waals surface area contributed by atoms with Crippen molar-refractivity contribution in [2.75, 3.05) is 16.8 Å². The molecule has 138 valence electrons. The van der Waals surface area contributed by atoms with E-state index in [4.69, 9.17) is 0 Å². The normalized spacial score (nSPS) is 10.7. The average molecular weight is 360 g/mol. The molecule has 1 N–H and O–H groups in total. The van der Waals surface area contributed by atoms with Gasteiger partial charge in [0.2, 0.25) is 0 Å². The lowest BCUT2D eigenvalue weighted by Crippen LogP contribution is -2.19. The summed E-state index contributed by atoms with van der Waals surface area (Å²) in [5.41, 5.74) is 3.23. The van der Waals surface area contributed by atoms with E-state index in [-0.39, 0.29) is 5.91 Å². The van der Waals surface area contributed by atoms with Crippen LogP contribution in [0.1, 0.15) is 42.7 Å². The van der Waals surface area contributed by atoms with Crippen molar-refractivity contribution in [3.05, 3.63) is 78.2 Å². The van der Waals surface area contributed by atoms with Crippen LogP contribution < -0.4 is 10.2 Å². The van der Waals surface area contributed by atoms with E-state index in [1.165, 1.54) is 6.20 Å². The smallest absolute Gasteiger partial charge is 0.275 e. The summed E-state index contributed by atoms with van der Waals surface area (Å²) in [4.78, 5) is 23.4. The van der Waals surface area contributed by atoms with Gasteiger partial charge in [-0.2, -0.15) is 0 Å². The van der Waals surface area contributed by atoms with Gasteiger partial charge >= 0.3 is 0 Å². The standard InChI is InChI=1S/C22H24N4O/c1-4-26(17-10-6-5-7-11-17)21-15-23-20(14-24-21)22(27)25-19-13-9-8-12-18(19)16(2)3/h5-16H,4H2,1-3H3,(H,25,27). The Balaban J connectivity index is 1.78. The second kappa shape index (κ2) is 8.45. The number of para-hydroxylation sites is 2. The van der Waals surface area contributed by atoms with Gasteiger partial charge in [0.1, 0.15) is 5.69 Å². The van der Waals surface area contributed by atoms with Gasteiger partial charge in [0.05, 0.1) is 12.4 Å². The van der Waals surface area contributed by atoms with Crippen LogP contribution in [0.25, 0.3) is 0 Å². The highest BCUT2D eigenvalue weighted by molar-refractivity contribution is 6.03. The van der Waals surface area contributed by atoms with Gasteiger partial charge < -0.3 is 10.2 Å². The quantitative estimate of drug-likeness (QED) is 0.671. The van der Waals surface area contributed by atoms with Gasteiger partial charge in [-0.1, -0.05) is 50.2 Å². The lowest BCUT2D eigenvalue weighted by molar-refractivity contribution is 0.102. The van der Waals surface area contributed by atoms with Crippen molar-refractivity contribution in [1.82, 2.24) is 9.97 Å². The van der Waals surface area contributed by atoms with E-state index in [2.05, 4.69) is 36.1 Å². The number of nitrogens with one attached hydrogen (secondary N) is 1. The molecule has 0 saturated heterocycles. The third-order valence-corrected chi connectivity index (χ3v) is 4.36. The largest absolute Gasteiger partial charge is 0.325 e. The van der Waals surface area contributed by atoms with E-state index < -0.39 is 0 Å². The number of hydrogen-bond acceptors (Lipinski definition) is 4. The first kappa shape index (κ1) is 18.6. The molecule has 0 spiro atoms. The number of benzene rings is 2. The molecule has 0 saturated carbocycles. The molecule has 2 aromatic carbocycles. The summed E-state index contributed by atoms with van der Waals surface area (Å²) in [7, 11) is 0. The summed E-state index contributed by atoms with van der Waals surface area (Å²) in [6.45, 7) is 7.01. The van der Waals surface area contributed by atoms with Crippen molar-refractivity contribution in [2.45, 2.75) is 26.7 Å². The van der Waals surface area contributed by atoms with Crippen LogP contribution >= 0.6 is 0 Å². The fraction of sp³-hybridized carbons (Fsp3) is 0.227. The van der Waals surface area contributed by atoms with Crippen molar-refractivity contribution < 1.29 is 4.79 Å². The van der Waals surface area contributed by atoms with E-state index in [0.717, 1.165) is 23.5 Å². The van der Waals surface area contributed by atoms with Gasteiger partial charge in [0.15, 0.2) is 5.82 Å². The van der Waals surface area contributed by atoms with Crippen LogP contribution in [0.3, 0.4) is 0 Å². The van der Waals surface area contributed by atoms with Crippen LogP contribution in [0.15, 0.2) is 67.0 Å². The molecule has 0 aliphatic carbocycles.